The van der Waals surface area contributed by atoms with Gasteiger partial charge in [-0.1, -0.05) is 25.1 Å². The van der Waals surface area contributed by atoms with E-state index in [2.05, 4.69) is 50.2 Å². The second kappa shape index (κ2) is 7.61. The van der Waals surface area contributed by atoms with E-state index >= 15 is 0 Å². The minimum Gasteiger partial charge on any atom is -0.369 e. The van der Waals surface area contributed by atoms with Crippen LogP contribution in [0.4, 0.5) is 11.4 Å². The molecule has 1 N–H and O–H groups in total. The van der Waals surface area contributed by atoms with Crippen LogP contribution in [-0.2, 0) is 9.59 Å². The third kappa shape index (κ3) is 3.76. The number of amides is 2. The summed E-state index contributed by atoms with van der Waals surface area (Å²) in [5.74, 6) is -0.502. The number of nitrogens with one attached hydrogen (secondary N) is 1. The third-order valence-corrected chi connectivity index (χ3v) is 6.61. The summed E-state index contributed by atoms with van der Waals surface area (Å²) >= 11 is 5.29. The molecule has 1 atom stereocenters. The van der Waals surface area contributed by atoms with E-state index in [1.165, 1.54) is 16.2 Å². The van der Waals surface area contributed by atoms with Gasteiger partial charge in [0.05, 0.1) is 5.69 Å². The summed E-state index contributed by atoms with van der Waals surface area (Å²) in [6.07, 6.45) is 2.69. The Kier molecular flexibility index (Phi) is 5.21. The number of hydrogen-bond donors (Lipinski definition) is 1. The minimum absolute atomic E-state index is 0.0761. The number of thiocarbonyl (C=S) groups is 1. The van der Waals surface area contributed by atoms with Crippen molar-refractivity contribution in [1.29, 1.82) is 0 Å². The van der Waals surface area contributed by atoms with Crippen molar-refractivity contribution in [3.8, 4) is 0 Å². The normalized spacial score (nSPS) is 21.9. The van der Waals surface area contributed by atoms with Crippen LogP contribution in [0.15, 0.2) is 48.0 Å². The van der Waals surface area contributed by atoms with Crippen LogP contribution in [0.25, 0.3) is 6.08 Å². The van der Waals surface area contributed by atoms with Gasteiger partial charge in [-0.25, -0.2) is 0 Å². The number of carbonyl (C=O) groups excluding carboxylic acids is 2. The van der Waals surface area contributed by atoms with Gasteiger partial charge in [0.2, 0.25) is 0 Å². The lowest BCUT2D eigenvalue weighted by molar-refractivity contribution is -0.122. The Balaban J connectivity index is 1.73. The van der Waals surface area contributed by atoms with Crippen LogP contribution in [-0.4, -0.2) is 29.5 Å². The van der Waals surface area contributed by atoms with Gasteiger partial charge in [-0.2, -0.15) is 0 Å². The summed E-state index contributed by atoms with van der Waals surface area (Å²) in [6, 6.07) is 13.6. The Hall–Kier alpha value is -2.99. The van der Waals surface area contributed by atoms with Gasteiger partial charge in [0.15, 0.2) is 5.11 Å². The molecular formula is C25H27N3O2S. The first-order valence-electron chi connectivity index (χ1n) is 10.4. The van der Waals surface area contributed by atoms with Crippen molar-refractivity contribution in [3.63, 3.8) is 0 Å². The maximum absolute atomic E-state index is 13.3. The average Bonchev–Trinajstić information content (AvgIpc) is 2.69. The molecule has 160 valence electrons. The summed E-state index contributed by atoms with van der Waals surface area (Å²) in [5, 5.41) is 2.76. The number of anilines is 2. The Morgan fingerprint density at radius 1 is 1.16 bits per heavy atom. The number of hydrogen-bond acceptors (Lipinski definition) is 4. The molecule has 0 bridgehead atoms. The van der Waals surface area contributed by atoms with E-state index in [1.807, 2.05) is 37.3 Å². The predicted molar refractivity (Wildman–Crippen MR) is 129 cm³/mol. The van der Waals surface area contributed by atoms with Crippen LogP contribution in [0, 0.1) is 6.92 Å². The van der Waals surface area contributed by atoms with Gasteiger partial charge in [0.1, 0.15) is 5.57 Å². The number of carbonyl (C=O) groups is 2. The summed E-state index contributed by atoms with van der Waals surface area (Å²) in [7, 11) is 2.11. The van der Waals surface area contributed by atoms with E-state index in [4.69, 9.17) is 12.2 Å². The molecule has 2 aromatic carbocycles. The van der Waals surface area contributed by atoms with E-state index in [0.717, 1.165) is 17.5 Å². The molecule has 0 saturated carbocycles. The Bertz CT molecular complexity index is 1140. The summed E-state index contributed by atoms with van der Waals surface area (Å²) in [5.41, 5.74) is 5.05. The molecule has 2 aliphatic rings. The van der Waals surface area contributed by atoms with Gasteiger partial charge in [-0.3, -0.25) is 19.8 Å². The highest BCUT2D eigenvalue weighted by atomic mass is 32.1. The highest BCUT2D eigenvalue weighted by Gasteiger charge is 2.36. The number of fused-ring (bicyclic) bond motifs is 1. The SMILES string of the molecule is Cc1cccc(N2C(=O)/C(=C/c3ccc4c(c3)C(C)CC(C)(C)N4C)C(=O)NC2=S)c1. The van der Waals surface area contributed by atoms with Gasteiger partial charge in [-0.15, -0.1) is 0 Å². The molecule has 5 nitrogen and oxygen atoms in total. The lowest BCUT2D eigenvalue weighted by atomic mass is 9.80. The van der Waals surface area contributed by atoms with Crippen molar-refractivity contribution >= 4 is 46.6 Å². The summed E-state index contributed by atoms with van der Waals surface area (Å²) in [4.78, 5) is 29.6. The number of nitrogens with zero attached hydrogens (tertiary/aromatic N) is 2. The van der Waals surface area contributed by atoms with Gasteiger partial charge in [0.25, 0.3) is 11.8 Å². The third-order valence-electron chi connectivity index (χ3n) is 6.33. The van der Waals surface area contributed by atoms with Crippen molar-refractivity contribution in [2.24, 2.45) is 0 Å². The topological polar surface area (TPSA) is 52.7 Å². The highest BCUT2D eigenvalue weighted by molar-refractivity contribution is 7.80. The van der Waals surface area contributed by atoms with Crippen LogP contribution in [0.3, 0.4) is 0 Å². The second-order valence-electron chi connectivity index (χ2n) is 9.09. The highest BCUT2D eigenvalue weighted by Crippen LogP contribution is 2.42. The molecular weight excluding hydrogens is 406 g/mol. The molecule has 31 heavy (non-hydrogen) atoms. The van der Waals surface area contributed by atoms with Crippen molar-refractivity contribution < 1.29 is 9.59 Å². The Morgan fingerprint density at radius 3 is 2.61 bits per heavy atom. The van der Waals surface area contributed by atoms with Crippen LogP contribution < -0.4 is 15.1 Å². The number of aryl methyl sites for hydroxylation is 1. The smallest absolute Gasteiger partial charge is 0.270 e. The molecule has 1 saturated heterocycles. The summed E-state index contributed by atoms with van der Waals surface area (Å²) < 4.78 is 0. The first kappa shape index (κ1) is 21.2. The van der Waals surface area contributed by atoms with Gasteiger partial charge in [-0.05, 0) is 92.4 Å². The Labute approximate surface area is 188 Å². The largest absolute Gasteiger partial charge is 0.369 e. The van der Waals surface area contributed by atoms with E-state index in [0.29, 0.717) is 11.6 Å². The van der Waals surface area contributed by atoms with Crippen LogP contribution in [0.5, 0.6) is 0 Å². The maximum Gasteiger partial charge on any atom is 0.270 e. The zero-order valence-electron chi connectivity index (χ0n) is 18.5. The fourth-order valence-electron chi connectivity index (χ4n) is 4.51. The van der Waals surface area contributed by atoms with Crippen LogP contribution in [0.2, 0.25) is 0 Å². The van der Waals surface area contributed by atoms with Gasteiger partial charge >= 0.3 is 0 Å². The number of benzene rings is 2. The van der Waals surface area contributed by atoms with E-state index < -0.39 is 11.8 Å². The predicted octanol–water partition coefficient (Wildman–Crippen LogP) is 4.55. The molecule has 0 aromatic heterocycles. The van der Waals surface area contributed by atoms with Crippen molar-refractivity contribution in [1.82, 2.24) is 5.32 Å². The lowest BCUT2D eigenvalue weighted by Gasteiger charge is -2.45. The molecule has 0 aliphatic carbocycles. The summed E-state index contributed by atoms with van der Waals surface area (Å²) in [6.45, 7) is 8.66. The van der Waals surface area contributed by atoms with Crippen molar-refractivity contribution in [2.75, 3.05) is 16.8 Å². The van der Waals surface area contributed by atoms with E-state index in [-0.39, 0.29) is 16.2 Å². The molecule has 0 radical (unpaired) electrons. The number of rotatable bonds is 2. The second-order valence-corrected chi connectivity index (χ2v) is 9.48. The zero-order valence-corrected chi connectivity index (χ0v) is 19.3. The van der Waals surface area contributed by atoms with Gasteiger partial charge < -0.3 is 4.90 Å². The standard InChI is InChI=1S/C25H27N3O2S/c1-15-7-6-8-18(11-15)28-23(30)20(22(29)26-24(28)31)13-17-9-10-21-19(12-17)16(2)14-25(3,4)27(21)5/h6-13,16H,14H2,1-5H3,(H,26,29,31)/b20-13+. The molecule has 1 fully saturated rings. The van der Waals surface area contributed by atoms with Crippen molar-refractivity contribution in [2.45, 2.75) is 45.6 Å². The maximum atomic E-state index is 13.3. The molecule has 2 aliphatic heterocycles. The van der Waals surface area contributed by atoms with Crippen molar-refractivity contribution in [3.05, 3.63) is 64.7 Å². The van der Waals surface area contributed by atoms with E-state index in [9.17, 15) is 9.59 Å². The molecule has 6 heteroatoms. The fraction of sp³-hybridized carbons (Fsp3) is 0.320. The molecule has 2 heterocycles. The molecule has 2 aromatic rings. The molecule has 4 rings (SSSR count). The zero-order chi connectivity index (χ0) is 22.5. The average molecular weight is 434 g/mol. The first-order valence-corrected chi connectivity index (χ1v) is 10.9. The quantitative estimate of drug-likeness (QED) is 0.429. The monoisotopic (exact) mass is 433 g/mol. The van der Waals surface area contributed by atoms with E-state index in [1.54, 1.807) is 6.08 Å². The molecule has 2 amide bonds. The fourth-order valence-corrected chi connectivity index (χ4v) is 4.79. The molecule has 1 unspecified atom stereocenters. The van der Waals surface area contributed by atoms with Gasteiger partial charge in [0, 0.05) is 18.3 Å². The Morgan fingerprint density at radius 2 is 1.90 bits per heavy atom. The lowest BCUT2D eigenvalue weighted by Crippen LogP contribution is -2.54. The van der Waals surface area contributed by atoms with Crippen LogP contribution >= 0.6 is 12.2 Å². The molecule has 0 spiro atoms. The first-order chi connectivity index (χ1) is 14.6. The van der Waals surface area contributed by atoms with Crippen LogP contribution in [0.1, 0.15) is 49.8 Å². The minimum atomic E-state index is -0.470.